The second kappa shape index (κ2) is 5.02. The first kappa shape index (κ1) is 12.8. The molecule has 0 fully saturated rings. The number of aromatic nitrogens is 1. The van der Waals surface area contributed by atoms with E-state index in [-0.39, 0.29) is 17.8 Å². The Morgan fingerprint density at radius 1 is 1.37 bits per heavy atom. The molecule has 0 bridgehead atoms. The van der Waals surface area contributed by atoms with E-state index < -0.39 is 0 Å². The van der Waals surface area contributed by atoms with Crippen LogP contribution in [0.4, 0.5) is 4.39 Å². The number of pyridine rings is 1. The van der Waals surface area contributed by atoms with Crippen LogP contribution in [0.1, 0.15) is 35.2 Å². The molecule has 2 atom stereocenters. The molecule has 2 unspecified atom stereocenters. The number of nitrogens with two attached hydrogens (primary N) is 1. The molecule has 2 N–H and O–H groups in total. The van der Waals surface area contributed by atoms with Crippen molar-refractivity contribution in [3.05, 3.63) is 63.6 Å². The molecular weight excluding hydrogens is 307 g/mol. The van der Waals surface area contributed by atoms with Crippen LogP contribution in [0.3, 0.4) is 0 Å². The summed E-state index contributed by atoms with van der Waals surface area (Å²) in [5.41, 5.74) is 9.48. The van der Waals surface area contributed by atoms with Crippen molar-refractivity contribution in [1.29, 1.82) is 0 Å². The monoisotopic (exact) mass is 320 g/mol. The van der Waals surface area contributed by atoms with E-state index in [1.54, 1.807) is 12.3 Å². The molecule has 0 saturated carbocycles. The number of halogens is 2. The van der Waals surface area contributed by atoms with Crippen LogP contribution in [0, 0.1) is 5.82 Å². The van der Waals surface area contributed by atoms with Crippen molar-refractivity contribution in [3.8, 4) is 0 Å². The number of benzene rings is 1. The van der Waals surface area contributed by atoms with Gasteiger partial charge in [-0.05, 0) is 48.2 Å². The van der Waals surface area contributed by atoms with Gasteiger partial charge in [0, 0.05) is 28.3 Å². The molecule has 4 heteroatoms. The fraction of sp³-hybridized carbons (Fsp3) is 0.267. The molecule has 1 aromatic heterocycles. The minimum Gasteiger partial charge on any atom is -0.323 e. The number of aryl methyl sites for hydroxylation is 1. The van der Waals surface area contributed by atoms with Gasteiger partial charge in [0.1, 0.15) is 5.82 Å². The molecule has 1 aromatic carbocycles. The third-order valence-corrected chi connectivity index (χ3v) is 4.47. The average Bonchev–Trinajstić information content (AvgIpc) is 2.84. The normalized spacial score (nSPS) is 19.2. The largest absolute Gasteiger partial charge is 0.323 e. The molecule has 98 valence electrons. The lowest BCUT2D eigenvalue weighted by Gasteiger charge is -2.21. The number of hydrogen-bond donors (Lipinski definition) is 1. The van der Waals surface area contributed by atoms with Crippen molar-refractivity contribution in [2.45, 2.75) is 24.8 Å². The first-order chi connectivity index (χ1) is 9.16. The molecule has 3 rings (SSSR count). The van der Waals surface area contributed by atoms with Crippen molar-refractivity contribution in [2.24, 2.45) is 5.73 Å². The zero-order valence-corrected chi connectivity index (χ0v) is 11.9. The highest BCUT2D eigenvalue weighted by molar-refractivity contribution is 9.10. The molecule has 2 nitrogen and oxygen atoms in total. The Balaban J connectivity index is 1.97. The summed E-state index contributed by atoms with van der Waals surface area (Å²) < 4.78 is 14.3. The smallest absolute Gasteiger partial charge is 0.123 e. The van der Waals surface area contributed by atoms with Crippen molar-refractivity contribution in [2.75, 3.05) is 0 Å². The van der Waals surface area contributed by atoms with E-state index in [9.17, 15) is 4.39 Å². The van der Waals surface area contributed by atoms with Gasteiger partial charge in [-0.15, -0.1) is 0 Å². The van der Waals surface area contributed by atoms with Gasteiger partial charge in [0.2, 0.25) is 0 Å². The lowest BCUT2D eigenvalue weighted by molar-refractivity contribution is 0.534. The molecule has 0 saturated heterocycles. The zero-order valence-electron chi connectivity index (χ0n) is 10.3. The van der Waals surface area contributed by atoms with Gasteiger partial charge in [-0.3, -0.25) is 4.98 Å². The van der Waals surface area contributed by atoms with Crippen LogP contribution in [0.2, 0.25) is 0 Å². The van der Waals surface area contributed by atoms with Gasteiger partial charge in [-0.25, -0.2) is 4.39 Å². The third kappa shape index (κ3) is 2.30. The van der Waals surface area contributed by atoms with E-state index in [0.717, 1.165) is 28.6 Å². The molecule has 1 aliphatic carbocycles. The second-order valence-corrected chi connectivity index (χ2v) is 5.74. The third-order valence-electron chi connectivity index (χ3n) is 3.75. The maximum atomic E-state index is 13.4. The van der Waals surface area contributed by atoms with Crippen molar-refractivity contribution >= 4 is 15.9 Å². The Morgan fingerprint density at radius 3 is 3.05 bits per heavy atom. The van der Waals surface area contributed by atoms with Crippen LogP contribution in [0.5, 0.6) is 0 Å². The maximum Gasteiger partial charge on any atom is 0.123 e. The number of hydrogen-bond acceptors (Lipinski definition) is 2. The highest BCUT2D eigenvalue weighted by Crippen LogP contribution is 2.40. The van der Waals surface area contributed by atoms with Crippen molar-refractivity contribution in [3.63, 3.8) is 0 Å². The fourth-order valence-electron chi connectivity index (χ4n) is 2.78. The van der Waals surface area contributed by atoms with E-state index in [0.29, 0.717) is 0 Å². The minimum absolute atomic E-state index is 0.161. The lowest BCUT2D eigenvalue weighted by Crippen LogP contribution is -2.19. The Kier molecular flexibility index (Phi) is 3.37. The lowest BCUT2D eigenvalue weighted by atomic mass is 9.91. The standard InChI is InChI=1S/C15H14BrFN2/c16-13-6-4-10(17)8-12(13)14(18)11-5-3-9-2-1-7-19-15(9)11/h1-2,4,6-8,11,14H,3,5,18H2. The fourth-order valence-corrected chi connectivity index (χ4v) is 3.29. The topological polar surface area (TPSA) is 38.9 Å². The molecule has 2 aromatic rings. The van der Waals surface area contributed by atoms with Gasteiger partial charge in [0.05, 0.1) is 0 Å². The summed E-state index contributed by atoms with van der Waals surface area (Å²) in [7, 11) is 0. The predicted octanol–water partition coefficient (Wildman–Crippen LogP) is 3.71. The number of nitrogens with zero attached hydrogens (tertiary/aromatic N) is 1. The van der Waals surface area contributed by atoms with Gasteiger partial charge >= 0.3 is 0 Å². The molecule has 0 aliphatic heterocycles. The molecule has 0 radical (unpaired) electrons. The number of rotatable bonds is 2. The molecule has 0 amide bonds. The first-order valence-electron chi connectivity index (χ1n) is 6.31. The molecule has 19 heavy (non-hydrogen) atoms. The Labute approximate surface area is 120 Å². The summed E-state index contributed by atoms with van der Waals surface area (Å²) in [5, 5.41) is 0. The van der Waals surface area contributed by atoms with Gasteiger partial charge in [0.25, 0.3) is 0 Å². The van der Waals surface area contributed by atoms with E-state index in [4.69, 9.17) is 5.73 Å². The first-order valence-corrected chi connectivity index (χ1v) is 7.10. The summed E-state index contributed by atoms with van der Waals surface area (Å²) in [6.45, 7) is 0. The molecular formula is C15H14BrFN2. The zero-order chi connectivity index (χ0) is 13.4. The average molecular weight is 321 g/mol. The highest BCUT2D eigenvalue weighted by atomic mass is 79.9. The summed E-state index contributed by atoms with van der Waals surface area (Å²) in [4.78, 5) is 4.45. The predicted molar refractivity (Wildman–Crippen MR) is 76.3 cm³/mol. The van der Waals surface area contributed by atoms with Gasteiger partial charge in [-0.1, -0.05) is 22.0 Å². The summed E-state index contributed by atoms with van der Waals surface area (Å²) in [5.74, 6) is -0.0952. The Bertz CT molecular complexity index is 615. The maximum absolute atomic E-state index is 13.4. The molecule has 1 aliphatic rings. The van der Waals surface area contributed by atoms with E-state index in [2.05, 4.69) is 27.0 Å². The van der Waals surface area contributed by atoms with Gasteiger partial charge in [-0.2, -0.15) is 0 Å². The molecule has 1 heterocycles. The number of fused-ring (bicyclic) bond motifs is 1. The van der Waals surface area contributed by atoms with Crippen LogP contribution in [0.25, 0.3) is 0 Å². The van der Waals surface area contributed by atoms with E-state index in [1.165, 1.54) is 17.7 Å². The highest BCUT2D eigenvalue weighted by Gasteiger charge is 2.30. The minimum atomic E-state index is -0.257. The summed E-state index contributed by atoms with van der Waals surface area (Å²) in [6.07, 6.45) is 3.76. The quantitative estimate of drug-likeness (QED) is 0.916. The SMILES string of the molecule is NC(c1cc(F)ccc1Br)C1CCc2cccnc21. The van der Waals surface area contributed by atoms with Crippen LogP contribution in [0.15, 0.2) is 41.0 Å². The Morgan fingerprint density at radius 2 is 2.21 bits per heavy atom. The van der Waals surface area contributed by atoms with E-state index in [1.807, 2.05) is 6.07 Å². The van der Waals surface area contributed by atoms with Crippen LogP contribution in [-0.4, -0.2) is 4.98 Å². The van der Waals surface area contributed by atoms with Crippen LogP contribution in [-0.2, 0) is 6.42 Å². The van der Waals surface area contributed by atoms with Gasteiger partial charge < -0.3 is 5.73 Å². The van der Waals surface area contributed by atoms with Gasteiger partial charge in [0.15, 0.2) is 0 Å². The van der Waals surface area contributed by atoms with E-state index >= 15 is 0 Å². The summed E-state index contributed by atoms with van der Waals surface area (Å²) in [6, 6.07) is 8.46. The summed E-state index contributed by atoms with van der Waals surface area (Å²) >= 11 is 3.45. The van der Waals surface area contributed by atoms with Crippen LogP contribution >= 0.6 is 15.9 Å². The van der Waals surface area contributed by atoms with Crippen molar-refractivity contribution < 1.29 is 4.39 Å². The van der Waals surface area contributed by atoms with Crippen molar-refractivity contribution in [1.82, 2.24) is 4.98 Å². The molecule has 0 spiro atoms. The second-order valence-electron chi connectivity index (χ2n) is 4.88. The Hall–Kier alpha value is -1.26. The van der Waals surface area contributed by atoms with Crippen LogP contribution < -0.4 is 5.73 Å².